The molecule has 0 unspecified atom stereocenters. The summed E-state index contributed by atoms with van der Waals surface area (Å²) in [4.78, 5) is 17.6. The third-order valence-electron chi connectivity index (χ3n) is 7.65. The molecule has 0 fully saturated rings. The van der Waals surface area contributed by atoms with Gasteiger partial charge in [0.05, 0.1) is 28.8 Å². The Balaban J connectivity index is 1.46. The summed E-state index contributed by atoms with van der Waals surface area (Å²) in [5, 5.41) is 9.95. The van der Waals surface area contributed by atoms with Crippen molar-refractivity contribution in [3.05, 3.63) is 77.4 Å². The Labute approximate surface area is 246 Å². The first-order valence-corrected chi connectivity index (χ1v) is 15.4. The van der Waals surface area contributed by atoms with Crippen LogP contribution in [0.4, 0.5) is 5.69 Å². The van der Waals surface area contributed by atoms with E-state index in [1.807, 2.05) is 39.1 Å². The molecule has 224 valence electrons. The van der Waals surface area contributed by atoms with Crippen LogP contribution in [0.2, 0.25) is 0 Å². The van der Waals surface area contributed by atoms with Crippen LogP contribution in [0.25, 0.3) is 0 Å². The quantitative estimate of drug-likeness (QED) is 0.383. The highest BCUT2D eigenvalue weighted by Gasteiger charge is 2.35. The minimum absolute atomic E-state index is 0.104. The number of carbonyl (C=O) groups is 1. The van der Waals surface area contributed by atoms with Gasteiger partial charge in [0.25, 0.3) is 15.9 Å². The van der Waals surface area contributed by atoms with Gasteiger partial charge in [0, 0.05) is 25.6 Å². The first-order valence-electron chi connectivity index (χ1n) is 13.9. The van der Waals surface area contributed by atoms with Crippen molar-refractivity contribution >= 4 is 21.6 Å². The SMILES string of the molecule is Cc1ccc(S(=O)(=O)Nc2cccc3c2O[C@H](CN(C)Cc2ccc4c(c2)OCO4)[C@H](C)CN([C@H](C)CO)C3=O)cc1. The lowest BCUT2D eigenvalue weighted by Gasteiger charge is -2.38. The van der Waals surface area contributed by atoms with Crippen LogP contribution in [0.5, 0.6) is 17.2 Å². The summed E-state index contributed by atoms with van der Waals surface area (Å²) >= 11 is 0. The van der Waals surface area contributed by atoms with E-state index in [2.05, 4.69) is 9.62 Å². The first-order chi connectivity index (χ1) is 20.1. The van der Waals surface area contributed by atoms with Crippen LogP contribution in [-0.4, -0.2) is 74.9 Å². The molecule has 3 aromatic carbocycles. The van der Waals surface area contributed by atoms with E-state index >= 15 is 0 Å². The molecule has 0 saturated heterocycles. The zero-order chi connectivity index (χ0) is 30.0. The second-order valence-electron chi connectivity index (χ2n) is 11.1. The molecule has 2 aliphatic heterocycles. The number of rotatable bonds is 9. The zero-order valence-corrected chi connectivity index (χ0v) is 25.1. The first kappa shape index (κ1) is 29.7. The fraction of sp³-hybridized carbons (Fsp3) is 0.387. The number of aliphatic hydroxyl groups is 1. The number of benzene rings is 3. The number of aryl methyl sites for hydroxylation is 1. The van der Waals surface area contributed by atoms with E-state index in [1.54, 1.807) is 42.2 Å². The van der Waals surface area contributed by atoms with Gasteiger partial charge in [-0.2, -0.15) is 0 Å². The van der Waals surface area contributed by atoms with Crippen molar-refractivity contribution < 1.29 is 32.5 Å². The maximum atomic E-state index is 13.7. The number of ether oxygens (including phenoxy) is 3. The molecule has 42 heavy (non-hydrogen) atoms. The van der Waals surface area contributed by atoms with E-state index in [9.17, 15) is 18.3 Å². The molecule has 0 bridgehead atoms. The standard InChI is InChI=1S/C31H37N3O7S/c1-20-8-11-24(12-9-20)42(37,38)32-26-7-5-6-25-30(26)41-29(21(2)15-34(31(25)36)22(3)18-35)17-33(4)16-23-10-13-27-28(14-23)40-19-39-27/h5-14,21-22,29,32,35H,15-19H2,1-4H3/t21-,22-,29-/m1/s1. The van der Waals surface area contributed by atoms with Crippen molar-refractivity contribution in [2.45, 2.75) is 44.4 Å². The van der Waals surface area contributed by atoms with Crippen molar-refractivity contribution in [3.63, 3.8) is 0 Å². The lowest BCUT2D eigenvalue weighted by Crippen LogP contribution is -2.49. The number of hydrogen-bond acceptors (Lipinski definition) is 8. The van der Waals surface area contributed by atoms with Gasteiger partial charge in [0.15, 0.2) is 17.2 Å². The van der Waals surface area contributed by atoms with Crippen LogP contribution in [-0.2, 0) is 16.6 Å². The summed E-state index contributed by atoms with van der Waals surface area (Å²) < 4.78 is 46.8. The Morgan fingerprint density at radius 1 is 1.10 bits per heavy atom. The topological polar surface area (TPSA) is 118 Å². The fourth-order valence-electron chi connectivity index (χ4n) is 5.19. The number of carbonyl (C=O) groups excluding carboxylic acids is 1. The minimum atomic E-state index is -3.96. The average molecular weight is 596 g/mol. The van der Waals surface area contributed by atoms with Crippen molar-refractivity contribution in [1.82, 2.24) is 9.80 Å². The molecule has 2 aliphatic rings. The summed E-state index contributed by atoms with van der Waals surface area (Å²) in [7, 11) is -1.99. The molecule has 0 spiro atoms. The number of fused-ring (bicyclic) bond motifs is 2. The fourth-order valence-corrected chi connectivity index (χ4v) is 6.25. The molecule has 0 aromatic heterocycles. The van der Waals surface area contributed by atoms with Crippen LogP contribution in [0.3, 0.4) is 0 Å². The molecular weight excluding hydrogens is 558 g/mol. The van der Waals surface area contributed by atoms with Crippen molar-refractivity contribution in [3.8, 4) is 17.2 Å². The van der Waals surface area contributed by atoms with Gasteiger partial charge in [-0.3, -0.25) is 14.4 Å². The van der Waals surface area contributed by atoms with Crippen LogP contribution in [0.1, 0.15) is 35.3 Å². The predicted molar refractivity (Wildman–Crippen MR) is 158 cm³/mol. The smallest absolute Gasteiger partial charge is 0.262 e. The molecule has 11 heteroatoms. The zero-order valence-electron chi connectivity index (χ0n) is 24.2. The Hall–Kier alpha value is -3.80. The number of hydrogen-bond donors (Lipinski definition) is 2. The lowest BCUT2D eigenvalue weighted by atomic mass is 9.99. The van der Waals surface area contributed by atoms with Crippen molar-refractivity contribution in [2.24, 2.45) is 5.92 Å². The maximum absolute atomic E-state index is 13.7. The van der Waals surface area contributed by atoms with Crippen molar-refractivity contribution in [2.75, 3.05) is 38.3 Å². The van der Waals surface area contributed by atoms with Gasteiger partial charge in [-0.15, -0.1) is 0 Å². The third-order valence-corrected chi connectivity index (χ3v) is 9.03. The van der Waals surface area contributed by atoms with E-state index in [4.69, 9.17) is 14.2 Å². The second kappa shape index (κ2) is 12.2. The summed E-state index contributed by atoms with van der Waals surface area (Å²) in [6, 6.07) is 16.8. The van der Waals surface area contributed by atoms with Gasteiger partial charge < -0.3 is 24.2 Å². The van der Waals surface area contributed by atoms with E-state index < -0.39 is 22.2 Å². The number of likely N-dealkylation sites (N-methyl/N-ethyl adjacent to an activating group) is 1. The minimum Gasteiger partial charge on any atom is -0.486 e. The van der Waals surface area contributed by atoms with Gasteiger partial charge in [-0.1, -0.05) is 36.8 Å². The molecule has 1 amide bonds. The largest absolute Gasteiger partial charge is 0.486 e. The number of anilines is 1. The molecule has 5 rings (SSSR count). The molecule has 3 atom stereocenters. The van der Waals surface area contributed by atoms with E-state index in [0.717, 1.165) is 16.9 Å². The van der Waals surface area contributed by atoms with Gasteiger partial charge in [-0.05, 0) is 62.9 Å². The Morgan fingerprint density at radius 2 is 1.83 bits per heavy atom. The van der Waals surface area contributed by atoms with Crippen LogP contribution < -0.4 is 18.9 Å². The summed E-state index contributed by atoms with van der Waals surface area (Å²) in [5.41, 5.74) is 2.38. The molecule has 0 saturated carbocycles. The molecule has 0 radical (unpaired) electrons. The third kappa shape index (κ3) is 6.33. The highest BCUT2D eigenvalue weighted by molar-refractivity contribution is 7.92. The van der Waals surface area contributed by atoms with Gasteiger partial charge in [0.2, 0.25) is 6.79 Å². The Kier molecular flexibility index (Phi) is 8.63. The van der Waals surface area contributed by atoms with Crippen LogP contribution in [0.15, 0.2) is 65.6 Å². The lowest BCUT2D eigenvalue weighted by molar-refractivity contribution is 0.0344. The number of nitrogens with zero attached hydrogens (tertiary/aromatic N) is 2. The molecular formula is C31H37N3O7S. The van der Waals surface area contributed by atoms with Crippen LogP contribution >= 0.6 is 0 Å². The van der Waals surface area contributed by atoms with Crippen LogP contribution in [0, 0.1) is 12.8 Å². The molecule has 10 nitrogen and oxygen atoms in total. The summed E-state index contributed by atoms with van der Waals surface area (Å²) in [5.74, 6) is 1.13. The highest BCUT2D eigenvalue weighted by atomic mass is 32.2. The number of para-hydroxylation sites is 1. The second-order valence-corrected chi connectivity index (χ2v) is 12.8. The predicted octanol–water partition coefficient (Wildman–Crippen LogP) is 3.88. The number of aliphatic hydroxyl groups excluding tert-OH is 1. The Morgan fingerprint density at radius 3 is 2.57 bits per heavy atom. The number of sulfonamides is 1. The highest BCUT2D eigenvalue weighted by Crippen LogP contribution is 2.37. The normalized spacial score (nSPS) is 19.1. The van der Waals surface area contributed by atoms with E-state index in [-0.39, 0.29) is 47.1 Å². The van der Waals surface area contributed by atoms with Gasteiger partial charge in [-0.25, -0.2) is 8.42 Å². The molecule has 2 heterocycles. The summed E-state index contributed by atoms with van der Waals surface area (Å²) in [6.07, 6.45) is -0.408. The monoisotopic (exact) mass is 595 g/mol. The molecule has 3 aromatic rings. The van der Waals surface area contributed by atoms with Crippen molar-refractivity contribution in [1.29, 1.82) is 0 Å². The molecule has 2 N–H and O–H groups in total. The number of nitrogens with one attached hydrogen (secondary N) is 1. The summed E-state index contributed by atoms with van der Waals surface area (Å²) in [6.45, 7) is 7.12. The average Bonchev–Trinajstić information content (AvgIpc) is 3.43. The Bertz CT molecular complexity index is 1540. The number of amides is 1. The van der Waals surface area contributed by atoms with E-state index in [0.29, 0.717) is 25.4 Å². The van der Waals surface area contributed by atoms with Gasteiger partial charge in [0.1, 0.15) is 6.10 Å². The molecule has 0 aliphatic carbocycles. The van der Waals surface area contributed by atoms with Gasteiger partial charge >= 0.3 is 0 Å². The van der Waals surface area contributed by atoms with E-state index in [1.165, 1.54) is 12.1 Å². The maximum Gasteiger partial charge on any atom is 0.262 e.